The molecular formula is C12H16IN3O3. The molecule has 104 valence electrons. The van der Waals surface area contributed by atoms with Crippen LogP contribution in [0.2, 0.25) is 0 Å². The average Bonchev–Trinajstić information content (AvgIpc) is 2.39. The van der Waals surface area contributed by atoms with Crippen molar-refractivity contribution in [3.63, 3.8) is 0 Å². The molecule has 1 aromatic rings. The van der Waals surface area contributed by atoms with Crippen LogP contribution in [0.15, 0.2) is 18.2 Å². The standard InChI is InChI=1S/C12H16IN3O3/c1-14-7-10-8-15(4-5-19-10)12-3-2-9(16(17)18)6-11(12)13/h2-3,6,10,14H,4-5,7-8H2,1H3. The van der Waals surface area contributed by atoms with Gasteiger partial charge in [0.2, 0.25) is 0 Å². The predicted molar refractivity (Wildman–Crippen MR) is 81.7 cm³/mol. The molecule has 0 aliphatic carbocycles. The van der Waals surface area contributed by atoms with Crippen LogP contribution in [0.4, 0.5) is 11.4 Å². The minimum Gasteiger partial charge on any atom is -0.373 e. The van der Waals surface area contributed by atoms with Crippen molar-refractivity contribution in [3.05, 3.63) is 31.9 Å². The summed E-state index contributed by atoms with van der Waals surface area (Å²) >= 11 is 2.15. The molecule has 1 unspecified atom stereocenters. The Balaban J connectivity index is 2.15. The van der Waals surface area contributed by atoms with Gasteiger partial charge in [-0.15, -0.1) is 0 Å². The lowest BCUT2D eigenvalue weighted by Crippen LogP contribution is -2.46. The zero-order valence-corrected chi connectivity index (χ0v) is 12.8. The minimum atomic E-state index is -0.366. The number of anilines is 1. The lowest BCUT2D eigenvalue weighted by molar-refractivity contribution is -0.384. The van der Waals surface area contributed by atoms with Crippen LogP contribution in [0, 0.1) is 13.7 Å². The number of morpholine rings is 1. The van der Waals surface area contributed by atoms with Crippen LogP contribution in [0.25, 0.3) is 0 Å². The van der Waals surface area contributed by atoms with Gasteiger partial charge in [-0.3, -0.25) is 10.1 Å². The molecule has 1 atom stereocenters. The van der Waals surface area contributed by atoms with Gasteiger partial charge < -0.3 is 15.0 Å². The van der Waals surface area contributed by atoms with Gasteiger partial charge in [0.15, 0.2) is 0 Å². The van der Waals surface area contributed by atoms with E-state index in [1.807, 2.05) is 13.1 Å². The van der Waals surface area contributed by atoms with E-state index in [4.69, 9.17) is 4.74 Å². The molecule has 0 amide bonds. The van der Waals surface area contributed by atoms with Gasteiger partial charge in [-0.25, -0.2) is 0 Å². The van der Waals surface area contributed by atoms with Gasteiger partial charge in [0.25, 0.3) is 5.69 Å². The van der Waals surface area contributed by atoms with Gasteiger partial charge in [-0.05, 0) is 35.7 Å². The zero-order chi connectivity index (χ0) is 13.8. The lowest BCUT2D eigenvalue weighted by Gasteiger charge is -2.35. The van der Waals surface area contributed by atoms with Gasteiger partial charge in [0, 0.05) is 35.3 Å². The van der Waals surface area contributed by atoms with Crippen molar-refractivity contribution in [3.8, 4) is 0 Å². The molecule has 1 heterocycles. The third-order valence-corrected chi connectivity index (χ3v) is 3.92. The van der Waals surface area contributed by atoms with Crippen LogP contribution in [0.1, 0.15) is 0 Å². The third-order valence-electron chi connectivity index (χ3n) is 3.05. The number of ether oxygens (including phenoxy) is 1. The van der Waals surface area contributed by atoms with Crippen LogP contribution in [0.5, 0.6) is 0 Å². The highest BCUT2D eigenvalue weighted by molar-refractivity contribution is 14.1. The van der Waals surface area contributed by atoms with E-state index in [1.54, 1.807) is 12.1 Å². The van der Waals surface area contributed by atoms with Crippen molar-refractivity contribution < 1.29 is 9.66 Å². The average molecular weight is 377 g/mol. The number of nitro groups is 1. The Hall–Kier alpha value is -0.930. The Kier molecular flexibility index (Phi) is 4.94. The van der Waals surface area contributed by atoms with E-state index in [0.717, 1.165) is 28.9 Å². The Morgan fingerprint density at radius 3 is 3.05 bits per heavy atom. The molecular weight excluding hydrogens is 361 g/mol. The first-order chi connectivity index (χ1) is 9.11. The fraction of sp³-hybridized carbons (Fsp3) is 0.500. The maximum atomic E-state index is 10.7. The minimum absolute atomic E-state index is 0.133. The van der Waals surface area contributed by atoms with Gasteiger partial charge in [-0.2, -0.15) is 0 Å². The van der Waals surface area contributed by atoms with E-state index in [2.05, 4.69) is 32.8 Å². The topological polar surface area (TPSA) is 67.6 Å². The smallest absolute Gasteiger partial charge is 0.270 e. The summed E-state index contributed by atoms with van der Waals surface area (Å²) in [6.07, 6.45) is 0.157. The van der Waals surface area contributed by atoms with Crippen LogP contribution in [0.3, 0.4) is 0 Å². The molecule has 1 saturated heterocycles. The molecule has 1 aliphatic rings. The number of halogens is 1. The number of rotatable bonds is 4. The normalized spacial score (nSPS) is 19.5. The molecule has 7 heteroatoms. The molecule has 0 aromatic heterocycles. The van der Waals surface area contributed by atoms with Gasteiger partial charge in [0.1, 0.15) is 0 Å². The molecule has 19 heavy (non-hydrogen) atoms. The molecule has 6 nitrogen and oxygen atoms in total. The number of nitrogens with one attached hydrogen (secondary N) is 1. The van der Waals surface area contributed by atoms with Crippen molar-refractivity contribution in [2.45, 2.75) is 6.10 Å². The fourth-order valence-electron chi connectivity index (χ4n) is 2.16. The highest BCUT2D eigenvalue weighted by Gasteiger charge is 2.22. The second kappa shape index (κ2) is 6.49. The molecule has 1 aliphatic heterocycles. The quantitative estimate of drug-likeness (QED) is 0.491. The molecule has 0 spiro atoms. The number of likely N-dealkylation sites (N-methyl/N-ethyl adjacent to an activating group) is 1. The largest absolute Gasteiger partial charge is 0.373 e. The summed E-state index contributed by atoms with van der Waals surface area (Å²) in [7, 11) is 1.90. The van der Waals surface area contributed by atoms with E-state index in [9.17, 15) is 10.1 Å². The summed E-state index contributed by atoms with van der Waals surface area (Å²) < 4.78 is 6.56. The monoisotopic (exact) mass is 377 g/mol. The van der Waals surface area contributed by atoms with Crippen LogP contribution < -0.4 is 10.2 Å². The second-order valence-corrected chi connectivity index (χ2v) is 5.55. The molecule has 1 N–H and O–H groups in total. The molecule has 0 saturated carbocycles. The molecule has 2 rings (SSSR count). The Morgan fingerprint density at radius 2 is 2.42 bits per heavy atom. The number of hydrogen-bond donors (Lipinski definition) is 1. The van der Waals surface area contributed by atoms with Crippen LogP contribution >= 0.6 is 22.6 Å². The molecule has 0 bridgehead atoms. The van der Waals surface area contributed by atoms with Crippen molar-refractivity contribution in [1.29, 1.82) is 0 Å². The van der Waals surface area contributed by atoms with Crippen LogP contribution in [-0.2, 0) is 4.74 Å². The van der Waals surface area contributed by atoms with Crippen molar-refractivity contribution in [2.24, 2.45) is 0 Å². The molecule has 1 aromatic carbocycles. The van der Waals surface area contributed by atoms with Gasteiger partial charge in [-0.1, -0.05) is 0 Å². The first-order valence-corrected chi connectivity index (χ1v) is 7.15. The Labute approximate surface area is 125 Å². The van der Waals surface area contributed by atoms with Gasteiger partial charge in [0.05, 0.1) is 23.3 Å². The predicted octanol–water partition coefficient (Wildman–Crippen LogP) is 1.62. The fourth-order valence-corrected chi connectivity index (χ4v) is 3.00. The lowest BCUT2D eigenvalue weighted by atomic mass is 10.2. The Morgan fingerprint density at radius 1 is 1.63 bits per heavy atom. The maximum absolute atomic E-state index is 10.7. The number of benzene rings is 1. The summed E-state index contributed by atoms with van der Waals surface area (Å²) in [5, 5.41) is 13.8. The van der Waals surface area contributed by atoms with E-state index in [-0.39, 0.29) is 16.7 Å². The third kappa shape index (κ3) is 3.54. The van der Waals surface area contributed by atoms with E-state index in [1.165, 1.54) is 0 Å². The summed E-state index contributed by atoms with van der Waals surface area (Å²) in [5.74, 6) is 0. The highest BCUT2D eigenvalue weighted by atomic mass is 127. The highest BCUT2D eigenvalue weighted by Crippen LogP contribution is 2.28. The van der Waals surface area contributed by atoms with Gasteiger partial charge >= 0.3 is 0 Å². The number of hydrogen-bond acceptors (Lipinski definition) is 5. The van der Waals surface area contributed by atoms with Crippen molar-refractivity contribution in [1.82, 2.24) is 5.32 Å². The van der Waals surface area contributed by atoms with Crippen molar-refractivity contribution >= 4 is 34.0 Å². The SMILES string of the molecule is CNCC1CN(c2ccc([N+](=O)[O-])cc2I)CCO1. The van der Waals surface area contributed by atoms with E-state index in [0.29, 0.717) is 6.61 Å². The number of non-ortho nitro benzene ring substituents is 1. The van der Waals surface area contributed by atoms with E-state index >= 15 is 0 Å². The first kappa shape index (κ1) is 14.5. The van der Waals surface area contributed by atoms with Crippen molar-refractivity contribution in [2.75, 3.05) is 38.2 Å². The zero-order valence-electron chi connectivity index (χ0n) is 10.6. The Bertz CT molecular complexity index is 468. The van der Waals surface area contributed by atoms with Crippen LogP contribution in [-0.4, -0.2) is 44.3 Å². The molecule has 1 fully saturated rings. The summed E-state index contributed by atoms with van der Waals surface area (Å²) in [6.45, 7) is 3.10. The second-order valence-electron chi connectivity index (χ2n) is 4.39. The first-order valence-electron chi connectivity index (χ1n) is 6.07. The van der Waals surface area contributed by atoms with E-state index < -0.39 is 0 Å². The summed E-state index contributed by atoms with van der Waals surface area (Å²) in [4.78, 5) is 12.6. The number of nitrogens with zero attached hydrogens (tertiary/aromatic N) is 2. The molecule has 0 radical (unpaired) electrons. The number of nitro benzene ring substituents is 1. The summed E-state index contributed by atoms with van der Waals surface area (Å²) in [6, 6.07) is 4.99. The maximum Gasteiger partial charge on any atom is 0.270 e. The summed E-state index contributed by atoms with van der Waals surface area (Å²) in [5.41, 5.74) is 1.17.